The van der Waals surface area contributed by atoms with E-state index in [9.17, 15) is 9.59 Å². The number of aromatic nitrogens is 2. The van der Waals surface area contributed by atoms with Crippen molar-refractivity contribution in [3.63, 3.8) is 0 Å². The first-order chi connectivity index (χ1) is 11.6. The van der Waals surface area contributed by atoms with E-state index in [1.807, 2.05) is 25.2 Å². The van der Waals surface area contributed by atoms with Crippen molar-refractivity contribution < 1.29 is 14.0 Å². The molecule has 7 nitrogen and oxygen atoms in total. The van der Waals surface area contributed by atoms with Gasteiger partial charge in [-0.25, -0.2) is 0 Å². The molecule has 1 aliphatic rings. The fraction of sp³-hybridized carbons (Fsp3) is 0.471. The molecule has 1 fully saturated rings. The van der Waals surface area contributed by atoms with Crippen LogP contribution in [0.3, 0.4) is 0 Å². The van der Waals surface area contributed by atoms with Gasteiger partial charge in [0.25, 0.3) is 0 Å². The SMILES string of the molecule is CN1C(=O)CC[C@H](C(=O)NCCc2ccco2)[C@H]1c1ccnn1C. The van der Waals surface area contributed by atoms with Crippen molar-refractivity contribution in [1.82, 2.24) is 20.0 Å². The molecule has 0 spiro atoms. The molecule has 0 aromatic carbocycles. The number of aryl methyl sites for hydroxylation is 1. The number of hydrogen-bond acceptors (Lipinski definition) is 4. The lowest BCUT2D eigenvalue weighted by molar-refractivity contribution is -0.141. The van der Waals surface area contributed by atoms with E-state index >= 15 is 0 Å². The van der Waals surface area contributed by atoms with E-state index in [1.165, 1.54) is 0 Å². The minimum Gasteiger partial charge on any atom is -0.469 e. The highest BCUT2D eigenvalue weighted by Gasteiger charge is 2.40. The molecule has 24 heavy (non-hydrogen) atoms. The summed E-state index contributed by atoms with van der Waals surface area (Å²) in [5.74, 6) is 0.585. The number of piperidine rings is 1. The number of nitrogens with zero attached hydrogens (tertiary/aromatic N) is 3. The van der Waals surface area contributed by atoms with Gasteiger partial charge in [0.2, 0.25) is 11.8 Å². The van der Waals surface area contributed by atoms with Crippen LogP contribution in [0, 0.1) is 5.92 Å². The van der Waals surface area contributed by atoms with E-state index in [0.29, 0.717) is 25.8 Å². The van der Waals surface area contributed by atoms with Crippen LogP contribution in [0.25, 0.3) is 0 Å². The van der Waals surface area contributed by atoms with Gasteiger partial charge >= 0.3 is 0 Å². The number of furan rings is 1. The molecule has 2 atom stereocenters. The van der Waals surface area contributed by atoms with Crippen LogP contribution >= 0.6 is 0 Å². The lowest BCUT2D eigenvalue weighted by Crippen LogP contribution is -2.47. The molecule has 0 radical (unpaired) electrons. The van der Waals surface area contributed by atoms with Gasteiger partial charge in [-0.1, -0.05) is 0 Å². The van der Waals surface area contributed by atoms with Gasteiger partial charge in [0.1, 0.15) is 5.76 Å². The molecule has 0 bridgehead atoms. The summed E-state index contributed by atoms with van der Waals surface area (Å²) < 4.78 is 7.00. The average Bonchev–Trinajstić information content (AvgIpc) is 3.21. The fourth-order valence-electron chi connectivity index (χ4n) is 3.29. The van der Waals surface area contributed by atoms with Crippen LogP contribution in [0.15, 0.2) is 35.1 Å². The number of rotatable bonds is 5. The zero-order valence-electron chi connectivity index (χ0n) is 13.9. The molecular weight excluding hydrogens is 308 g/mol. The Morgan fingerprint density at radius 2 is 2.25 bits per heavy atom. The quantitative estimate of drug-likeness (QED) is 0.895. The Morgan fingerprint density at radius 3 is 2.92 bits per heavy atom. The van der Waals surface area contributed by atoms with Crippen molar-refractivity contribution in [3.05, 3.63) is 42.1 Å². The van der Waals surface area contributed by atoms with Gasteiger partial charge in [0.15, 0.2) is 0 Å². The van der Waals surface area contributed by atoms with Crippen LogP contribution in [0.4, 0.5) is 0 Å². The molecule has 3 rings (SSSR count). The molecule has 2 amide bonds. The zero-order chi connectivity index (χ0) is 17.1. The van der Waals surface area contributed by atoms with E-state index in [4.69, 9.17) is 4.42 Å². The number of hydrogen-bond donors (Lipinski definition) is 1. The fourth-order valence-corrected chi connectivity index (χ4v) is 3.29. The minimum absolute atomic E-state index is 0.0351. The predicted molar refractivity (Wildman–Crippen MR) is 86.9 cm³/mol. The Kier molecular flexibility index (Phi) is 4.69. The second-order valence-corrected chi connectivity index (χ2v) is 6.09. The van der Waals surface area contributed by atoms with E-state index in [0.717, 1.165) is 11.5 Å². The minimum atomic E-state index is -0.289. The largest absolute Gasteiger partial charge is 0.469 e. The summed E-state index contributed by atoms with van der Waals surface area (Å²) >= 11 is 0. The highest BCUT2D eigenvalue weighted by Crippen LogP contribution is 2.35. The number of amides is 2. The summed E-state index contributed by atoms with van der Waals surface area (Å²) in [5.41, 5.74) is 0.872. The molecule has 0 aliphatic carbocycles. The zero-order valence-corrected chi connectivity index (χ0v) is 13.9. The summed E-state index contributed by atoms with van der Waals surface area (Å²) in [5, 5.41) is 7.15. The predicted octanol–water partition coefficient (Wildman–Crippen LogP) is 1.28. The molecule has 128 valence electrons. The summed E-state index contributed by atoms with van der Waals surface area (Å²) in [6, 6.07) is 5.29. The molecule has 1 N–H and O–H groups in total. The van der Waals surface area contributed by atoms with Crippen molar-refractivity contribution >= 4 is 11.8 Å². The number of likely N-dealkylation sites (tertiary alicyclic amines) is 1. The Balaban J connectivity index is 1.70. The summed E-state index contributed by atoms with van der Waals surface area (Å²) in [4.78, 5) is 26.5. The van der Waals surface area contributed by atoms with Crippen molar-refractivity contribution in [1.29, 1.82) is 0 Å². The van der Waals surface area contributed by atoms with Gasteiger partial charge in [-0.15, -0.1) is 0 Å². The molecule has 0 saturated carbocycles. The van der Waals surface area contributed by atoms with Gasteiger partial charge in [-0.3, -0.25) is 14.3 Å². The first-order valence-electron chi connectivity index (χ1n) is 8.11. The van der Waals surface area contributed by atoms with Gasteiger partial charge in [0, 0.05) is 39.7 Å². The van der Waals surface area contributed by atoms with E-state index in [-0.39, 0.29) is 23.8 Å². The maximum Gasteiger partial charge on any atom is 0.225 e. The average molecular weight is 330 g/mol. The summed E-state index contributed by atoms with van der Waals surface area (Å²) in [6.45, 7) is 0.513. The van der Waals surface area contributed by atoms with Crippen LogP contribution in [-0.4, -0.2) is 40.1 Å². The number of carbonyl (C=O) groups excluding carboxylic acids is 2. The maximum absolute atomic E-state index is 12.7. The van der Waals surface area contributed by atoms with Crippen molar-refractivity contribution in [2.45, 2.75) is 25.3 Å². The Labute approximate surface area is 140 Å². The maximum atomic E-state index is 12.7. The molecule has 0 unspecified atom stereocenters. The van der Waals surface area contributed by atoms with Gasteiger partial charge in [0.05, 0.1) is 23.9 Å². The third-order valence-corrected chi connectivity index (χ3v) is 4.61. The molecule has 1 aliphatic heterocycles. The molecular formula is C17H22N4O3. The highest BCUT2D eigenvalue weighted by atomic mass is 16.3. The second kappa shape index (κ2) is 6.90. The Bertz CT molecular complexity index is 707. The van der Waals surface area contributed by atoms with Crippen molar-refractivity contribution in [3.8, 4) is 0 Å². The third kappa shape index (κ3) is 3.20. The number of carbonyl (C=O) groups is 2. The monoisotopic (exact) mass is 330 g/mol. The first-order valence-corrected chi connectivity index (χ1v) is 8.11. The molecule has 3 heterocycles. The van der Waals surface area contributed by atoms with Crippen LogP contribution in [0.2, 0.25) is 0 Å². The van der Waals surface area contributed by atoms with Gasteiger partial charge < -0.3 is 14.6 Å². The van der Waals surface area contributed by atoms with Crippen LogP contribution < -0.4 is 5.32 Å². The van der Waals surface area contributed by atoms with Gasteiger partial charge in [-0.05, 0) is 24.6 Å². The van der Waals surface area contributed by atoms with Crippen LogP contribution in [0.5, 0.6) is 0 Å². The molecule has 7 heteroatoms. The second-order valence-electron chi connectivity index (χ2n) is 6.09. The normalized spacial score (nSPS) is 21.1. The lowest BCUT2D eigenvalue weighted by Gasteiger charge is -2.38. The highest BCUT2D eigenvalue weighted by molar-refractivity contribution is 5.84. The lowest BCUT2D eigenvalue weighted by atomic mass is 9.86. The molecule has 2 aromatic heterocycles. The first kappa shape index (κ1) is 16.3. The molecule has 1 saturated heterocycles. The van der Waals surface area contributed by atoms with E-state index < -0.39 is 0 Å². The summed E-state index contributed by atoms with van der Waals surface area (Å²) in [6.07, 6.45) is 4.90. The standard InChI is InChI=1S/C17H22N4O3/c1-20-15(22)6-5-13(16(20)14-8-10-19-21(14)2)17(23)18-9-7-12-4-3-11-24-12/h3-4,8,10-11,13,16H,5-7,9H2,1-2H3,(H,18,23)/t13-,16-/m0/s1. The van der Waals surface area contributed by atoms with Crippen LogP contribution in [-0.2, 0) is 23.1 Å². The topological polar surface area (TPSA) is 80.4 Å². The Hall–Kier alpha value is -2.57. The van der Waals surface area contributed by atoms with Gasteiger partial charge in [-0.2, -0.15) is 5.10 Å². The van der Waals surface area contributed by atoms with Crippen LogP contribution in [0.1, 0.15) is 30.3 Å². The number of nitrogens with one attached hydrogen (secondary N) is 1. The van der Waals surface area contributed by atoms with E-state index in [1.54, 1.807) is 29.1 Å². The molecule has 2 aromatic rings. The third-order valence-electron chi connectivity index (χ3n) is 4.61. The Morgan fingerprint density at radius 1 is 1.42 bits per heavy atom. The smallest absolute Gasteiger partial charge is 0.225 e. The van der Waals surface area contributed by atoms with E-state index in [2.05, 4.69) is 10.4 Å². The van der Waals surface area contributed by atoms with Crippen molar-refractivity contribution in [2.24, 2.45) is 13.0 Å². The summed E-state index contributed by atoms with van der Waals surface area (Å²) in [7, 11) is 3.58. The van der Waals surface area contributed by atoms with Crippen molar-refractivity contribution in [2.75, 3.05) is 13.6 Å².